The van der Waals surface area contributed by atoms with E-state index in [0.717, 1.165) is 12.0 Å². The van der Waals surface area contributed by atoms with Gasteiger partial charge in [-0.05, 0) is 20.4 Å². The molecule has 3 heteroatoms. The van der Waals surface area contributed by atoms with Crippen molar-refractivity contribution in [2.45, 2.75) is 25.8 Å². The number of carbonyl (C=O) groups is 1. The van der Waals surface area contributed by atoms with Gasteiger partial charge < -0.3 is 10.1 Å². The number of ketones is 1. The third-order valence-electron chi connectivity index (χ3n) is 2.66. The SMILES string of the molecule is C=C(C)CCC(=O)C1COCC1NC. The Morgan fingerprint density at radius 1 is 1.50 bits per heavy atom. The summed E-state index contributed by atoms with van der Waals surface area (Å²) < 4.78 is 5.28. The van der Waals surface area contributed by atoms with E-state index in [1.807, 2.05) is 14.0 Å². The third kappa shape index (κ3) is 2.93. The number of rotatable bonds is 5. The van der Waals surface area contributed by atoms with Crippen LogP contribution in [0.2, 0.25) is 0 Å². The number of nitrogens with one attached hydrogen (secondary N) is 1. The molecule has 1 aliphatic heterocycles. The van der Waals surface area contributed by atoms with Crippen molar-refractivity contribution in [2.24, 2.45) is 5.92 Å². The second-order valence-corrected chi connectivity index (χ2v) is 3.96. The molecule has 0 aliphatic carbocycles. The average molecular weight is 197 g/mol. The number of carbonyl (C=O) groups excluding carboxylic acids is 1. The highest BCUT2D eigenvalue weighted by Gasteiger charge is 2.31. The highest BCUT2D eigenvalue weighted by atomic mass is 16.5. The summed E-state index contributed by atoms with van der Waals surface area (Å²) in [7, 11) is 1.87. The molecule has 1 aliphatic rings. The number of allylic oxidation sites excluding steroid dienone is 1. The van der Waals surface area contributed by atoms with E-state index in [1.54, 1.807) is 0 Å². The van der Waals surface area contributed by atoms with Gasteiger partial charge in [0.1, 0.15) is 5.78 Å². The minimum absolute atomic E-state index is 0.0411. The van der Waals surface area contributed by atoms with Gasteiger partial charge in [-0.25, -0.2) is 0 Å². The maximum Gasteiger partial charge on any atom is 0.140 e. The second kappa shape index (κ2) is 5.27. The van der Waals surface area contributed by atoms with Gasteiger partial charge in [0.15, 0.2) is 0 Å². The van der Waals surface area contributed by atoms with Crippen molar-refractivity contribution in [1.82, 2.24) is 5.32 Å². The Morgan fingerprint density at radius 2 is 2.21 bits per heavy atom. The quantitative estimate of drug-likeness (QED) is 0.672. The fourth-order valence-corrected chi connectivity index (χ4v) is 1.68. The van der Waals surface area contributed by atoms with Crippen molar-refractivity contribution in [1.29, 1.82) is 0 Å². The molecule has 0 aromatic carbocycles. The summed E-state index contributed by atoms with van der Waals surface area (Å²) in [5.74, 6) is 0.337. The zero-order chi connectivity index (χ0) is 10.6. The Labute approximate surface area is 85.5 Å². The first-order chi connectivity index (χ1) is 6.65. The fourth-order valence-electron chi connectivity index (χ4n) is 1.68. The largest absolute Gasteiger partial charge is 0.379 e. The number of ether oxygens (including phenoxy) is 1. The predicted molar refractivity (Wildman–Crippen MR) is 56.2 cm³/mol. The Balaban J connectivity index is 2.39. The molecule has 0 saturated carbocycles. The van der Waals surface area contributed by atoms with Gasteiger partial charge >= 0.3 is 0 Å². The van der Waals surface area contributed by atoms with Gasteiger partial charge in [-0.3, -0.25) is 4.79 Å². The van der Waals surface area contributed by atoms with Crippen LogP contribution in [-0.2, 0) is 9.53 Å². The van der Waals surface area contributed by atoms with Crippen molar-refractivity contribution >= 4 is 5.78 Å². The summed E-state index contributed by atoms with van der Waals surface area (Å²) in [5.41, 5.74) is 1.07. The molecule has 2 atom stereocenters. The Bertz CT molecular complexity index is 225. The van der Waals surface area contributed by atoms with Crippen LogP contribution in [0.4, 0.5) is 0 Å². The van der Waals surface area contributed by atoms with E-state index in [2.05, 4.69) is 11.9 Å². The fraction of sp³-hybridized carbons (Fsp3) is 0.727. The van der Waals surface area contributed by atoms with Crippen LogP contribution in [0.15, 0.2) is 12.2 Å². The van der Waals surface area contributed by atoms with Gasteiger partial charge in [0.25, 0.3) is 0 Å². The number of Topliss-reactive ketones (excluding diaryl/α,β-unsaturated/α-hetero) is 1. The first-order valence-electron chi connectivity index (χ1n) is 5.07. The Kier molecular flexibility index (Phi) is 4.29. The first-order valence-corrected chi connectivity index (χ1v) is 5.07. The molecule has 0 amide bonds. The summed E-state index contributed by atoms with van der Waals surface area (Å²) in [5, 5.41) is 3.11. The van der Waals surface area contributed by atoms with Crippen LogP contribution < -0.4 is 5.32 Å². The molecule has 1 saturated heterocycles. The number of likely N-dealkylation sites (N-methyl/N-ethyl adjacent to an activating group) is 1. The van der Waals surface area contributed by atoms with E-state index in [4.69, 9.17) is 4.74 Å². The lowest BCUT2D eigenvalue weighted by Gasteiger charge is -2.15. The molecule has 0 radical (unpaired) electrons. The molecule has 1 N–H and O–H groups in total. The smallest absolute Gasteiger partial charge is 0.140 e. The first kappa shape index (κ1) is 11.4. The highest BCUT2D eigenvalue weighted by molar-refractivity contribution is 5.82. The van der Waals surface area contributed by atoms with Crippen molar-refractivity contribution in [2.75, 3.05) is 20.3 Å². The molecule has 0 aromatic rings. The van der Waals surface area contributed by atoms with E-state index >= 15 is 0 Å². The molecule has 3 nitrogen and oxygen atoms in total. The van der Waals surface area contributed by atoms with Crippen molar-refractivity contribution in [3.8, 4) is 0 Å². The maximum atomic E-state index is 11.8. The molecule has 2 unspecified atom stereocenters. The molecule has 0 bridgehead atoms. The van der Waals surface area contributed by atoms with E-state index < -0.39 is 0 Å². The van der Waals surface area contributed by atoms with Crippen LogP contribution in [-0.4, -0.2) is 32.1 Å². The molecular weight excluding hydrogens is 178 g/mol. The normalized spacial score (nSPS) is 26.4. The third-order valence-corrected chi connectivity index (χ3v) is 2.66. The summed E-state index contributed by atoms with van der Waals surface area (Å²) in [6.07, 6.45) is 1.40. The van der Waals surface area contributed by atoms with E-state index in [0.29, 0.717) is 25.4 Å². The predicted octanol–water partition coefficient (Wildman–Crippen LogP) is 1.15. The number of hydrogen-bond acceptors (Lipinski definition) is 3. The van der Waals surface area contributed by atoms with Gasteiger partial charge in [0.2, 0.25) is 0 Å². The van der Waals surface area contributed by atoms with Crippen LogP contribution >= 0.6 is 0 Å². The molecule has 0 spiro atoms. The van der Waals surface area contributed by atoms with Gasteiger partial charge in [-0.1, -0.05) is 5.57 Å². The van der Waals surface area contributed by atoms with Gasteiger partial charge in [0.05, 0.1) is 19.1 Å². The molecule has 1 rings (SSSR count). The van der Waals surface area contributed by atoms with E-state index in [-0.39, 0.29) is 12.0 Å². The van der Waals surface area contributed by atoms with Crippen molar-refractivity contribution < 1.29 is 9.53 Å². The summed E-state index contributed by atoms with van der Waals surface area (Å²) in [6.45, 7) is 6.97. The Hall–Kier alpha value is -0.670. The van der Waals surface area contributed by atoms with Crippen molar-refractivity contribution in [3.63, 3.8) is 0 Å². The molecular formula is C11H19NO2. The zero-order valence-electron chi connectivity index (χ0n) is 9.01. The molecule has 0 aromatic heterocycles. The van der Waals surface area contributed by atoms with Crippen LogP contribution in [0.25, 0.3) is 0 Å². The van der Waals surface area contributed by atoms with Crippen molar-refractivity contribution in [3.05, 3.63) is 12.2 Å². The van der Waals surface area contributed by atoms with Crippen LogP contribution in [0, 0.1) is 5.92 Å². The topological polar surface area (TPSA) is 38.3 Å². The summed E-state index contributed by atoms with van der Waals surface area (Å²) in [4.78, 5) is 11.8. The van der Waals surface area contributed by atoms with Gasteiger partial charge in [-0.15, -0.1) is 6.58 Å². The molecule has 80 valence electrons. The Morgan fingerprint density at radius 3 is 2.79 bits per heavy atom. The van der Waals surface area contributed by atoms with Crippen LogP contribution in [0.3, 0.4) is 0 Å². The van der Waals surface area contributed by atoms with Gasteiger partial charge in [0, 0.05) is 12.5 Å². The second-order valence-electron chi connectivity index (χ2n) is 3.96. The standard InChI is InChI=1S/C11H19NO2/c1-8(2)4-5-11(13)9-6-14-7-10(9)12-3/h9-10,12H,1,4-7H2,2-3H3. The average Bonchev–Trinajstić information content (AvgIpc) is 2.61. The molecule has 1 fully saturated rings. The van der Waals surface area contributed by atoms with Gasteiger partial charge in [-0.2, -0.15) is 0 Å². The maximum absolute atomic E-state index is 11.8. The summed E-state index contributed by atoms with van der Waals surface area (Å²) >= 11 is 0. The zero-order valence-corrected chi connectivity index (χ0v) is 9.01. The van der Waals surface area contributed by atoms with E-state index in [1.165, 1.54) is 0 Å². The lowest BCUT2D eigenvalue weighted by molar-refractivity contribution is -0.123. The number of hydrogen-bond donors (Lipinski definition) is 1. The van der Waals surface area contributed by atoms with Crippen LogP contribution in [0.1, 0.15) is 19.8 Å². The monoisotopic (exact) mass is 197 g/mol. The van der Waals surface area contributed by atoms with E-state index in [9.17, 15) is 4.79 Å². The lowest BCUT2D eigenvalue weighted by Crippen LogP contribution is -2.36. The lowest BCUT2D eigenvalue weighted by atomic mass is 9.94. The minimum Gasteiger partial charge on any atom is -0.379 e. The highest BCUT2D eigenvalue weighted by Crippen LogP contribution is 2.17. The molecule has 14 heavy (non-hydrogen) atoms. The minimum atomic E-state index is 0.0411. The summed E-state index contributed by atoms with van der Waals surface area (Å²) in [6, 6.07) is 0.202. The molecule has 1 heterocycles. The van der Waals surface area contributed by atoms with Crippen LogP contribution in [0.5, 0.6) is 0 Å².